The van der Waals surface area contributed by atoms with Crippen molar-refractivity contribution >= 4 is 39.9 Å². The van der Waals surface area contributed by atoms with Gasteiger partial charge in [0.05, 0.1) is 6.04 Å². The topological polar surface area (TPSA) is 55.1 Å². The van der Waals surface area contributed by atoms with Gasteiger partial charge in [0.15, 0.2) is 0 Å². The molecule has 1 rings (SSSR count). The Morgan fingerprint density at radius 3 is 2.11 bits per heavy atom. The van der Waals surface area contributed by atoms with Crippen molar-refractivity contribution in [3.05, 3.63) is 27.7 Å². The van der Waals surface area contributed by atoms with Gasteiger partial charge in [0.2, 0.25) is 5.91 Å². The Bertz CT molecular complexity index is 412. The summed E-state index contributed by atoms with van der Waals surface area (Å²) in [6.45, 7) is 7.86. The summed E-state index contributed by atoms with van der Waals surface area (Å²) < 4.78 is 1.07. The number of nitrogens with one attached hydrogen (secondary N) is 1. The molecule has 0 aliphatic heterocycles. The zero-order valence-electron chi connectivity index (χ0n) is 11.1. The SMILES string of the molecule is Cc1cc(NC(=O)[C@H](N)C(C)C)cc(C)c1Br.Cl. The van der Waals surface area contributed by atoms with E-state index in [4.69, 9.17) is 5.73 Å². The lowest BCUT2D eigenvalue weighted by Crippen LogP contribution is -2.39. The molecule has 0 fully saturated rings. The molecule has 1 aromatic rings. The Labute approximate surface area is 123 Å². The number of amides is 1. The molecule has 1 aromatic carbocycles. The van der Waals surface area contributed by atoms with Crippen molar-refractivity contribution < 1.29 is 4.79 Å². The van der Waals surface area contributed by atoms with Crippen molar-refractivity contribution in [2.24, 2.45) is 11.7 Å². The van der Waals surface area contributed by atoms with Crippen LogP contribution in [0.1, 0.15) is 25.0 Å². The van der Waals surface area contributed by atoms with Crippen molar-refractivity contribution in [2.45, 2.75) is 33.7 Å². The second-order valence-electron chi connectivity index (χ2n) is 4.68. The molecule has 0 aliphatic carbocycles. The van der Waals surface area contributed by atoms with E-state index in [1.54, 1.807) is 0 Å². The lowest BCUT2D eigenvalue weighted by molar-refractivity contribution is -0.118. The molecule has 0 aromatic heterocycles. The molecule has 0 bridgehead atoms. The molecule has 5 heteroatoms. The van der Waals surface area contributed by atoms with E-state index in [1.165, 1.54) is 0 Å². The van der Waals surface area contributed by atoms with Crippen LogP contribution in [0.2, 0.25) is 0 Å². The van der Waals surface area contributed by atoms with Crippen molar-refractivity contribution in [3.63, 3.8) is 0 Å². The number of hydrogen-bond acceptors (Lipinski definition) is 2. The van der Waals surface area contributed by atoms with Gasteiger partial charge in [-0.1, -0.05) is 29.8 Å². The van der Waals surface area contributed by atoms with Gasteiger partial charge >= 0.3 is 0 Å². The molecule has 1 amide bonds. The zero-order valence-corrected chi connectivity index (χ0v) is 13.5. The lowest BCUT2D eigenvalue weighted by atomic mass is 10.0. The number of rotatable bonds is 3. The van der Waals surface area contributed by atoms with Crippen molar-refractivity contribution in [3.8, 4) is 0 Å². The molecule has 3 N–H and O–H groups in total. The molecule has 18 heavy (non-hydrogen) atoms. The fourth-order valence-electron chi connectivity index (χ4n) is 1.55. The van der Waals surface area contributed by atoms with Gasteiger partial charge < -0.3 is 11.1 Å². The van der Waals surface area contributed by atoms with Crippen LogP contribution in [0.4, 0.5) is 5.69 Å². The number of carbonyl (C=O) groups excluding carboxylic acids is 1. The maximum atomic E-state index is 11.8. The first-order valence-corrected chi connectivity index (χ1v) is 6.45. The lowest BCUT2D eigenvalue weighted by Gasteiger charge is -2.16. The monoisotopic (exact) mass is 334 g/mol. The standard InChI is InChI=1S/C13H19BrN2O.ClH/c1-7(2)12(15)13(17)16-10-5-8(3)11(14)9(4)6-10;/h5-7,12H,15H2,1-4H3,(H,16,17);1H/t12-;/m1./s1. The van der Waals surface area contributed by atoms with Gasteiger partial charge in [-0.05, 0) is 43.0 Å². The van der Waals surface area contributed by atoms with Crippen molar-refractivity contribution in [1.82, 2.24) is 0 Å². The highest BCUT2D eigenvalue weighted by atomic mass is 79.9. The van der Waals surface area contributed by atoms with Gasteiger partial charge in [-0.25, -0.2) is 0 Å². The maximum Gasteiger partial charge on any atom is 0.241 e. The minimum atomic E-state index is -0.473. The van der Waals surface area contributed by atoms with E-state index in [-0.39, 0.29) is 24.2 Å². The molecule has 0 unspecified atom stereocenters. The summed E-state index contributed by atoms with van der Waals surface area (Å²) in [7, 11) is 0. The third-order valence-electron chi connectivity index (χ3n) is 2.72. The molecular weight excluding hydrogens is 316 g/mol. The summed E-state index contributed by atoms with van der Waals surface area (Å²) >= 11 is 3.49. The van der Waals surface area contributed by atoms with E-state index in [9.17, 15) is 4.79 Å². The van der Waals surface area contributed by atoms with Crippen molar-refractivity contribution in [1.29, 1.82) is 0 Å². The second-order valence-corrected chi connectivity index (χ2v) is 5.48. The van der Waals surface area contributed by atoms with Crippen LogP contribution < -0.4 is 11.1 Å². The van der Waals surface area contributed by atoms with Gasteiger partial charge in [0.25, 0.3) is 0 Å². The van der Waals surface area contributed by atoms with Gasteiger partial charge in [-0.2, -0.15) is 0 Å². The first kappa shape index (κ1) is 17.4. The molecule has 0 saturated carbocycles. The number of anilines is 1. The van der Waals surface area contributed by atoms with Crippen LogP contribution >= 0.6 is 28.3 Å². The Morgan fingerprint density at radius 1 is 1.28 bits per heavy atom. The molecule has 0 radical (unpaired) electrons. The van der Waals surface area contributed by atoms with Gasteiger partial charge in [-0.3, -0.25) is 4.79 Å². The molecule has 0 saturated heterocycles. The van der Waals surface area contributed by atoms with E-state index < -0.39 is 6.04 Å². The van der Waals surface area contributed by atoms with E-state index >= 15 is 0 Å². The van der Waals surface area contributed by atoms with Gasteiger partial charge in [-0.15, -0.1) is 12.4 Å². The number of aryl methyl sites for hydroxylation is 2. The van der Waals surface area contributed by atoms with E-state index in [0.29, 0.717) is 0 Å². The maximum absolute atomic E-state index is 11.8. The van der Waals surface area contributed by atoms with Crippen molar-refractivity contribution in [2.75, 3.05) is 5.32 Å². The summed E-state index contributed by atoms with van der Waals surface area (Å²) in [5.41, 5.74) is 8.78. The highest BCUT2D eigenvalue weighted by molar-refractivity contribution is 9.10. The van der Waals surface area contributed by atoms with Gasteiger partial charge in [0.1, 0.15) is 0 Å². The summed E-state index contributed by atoms with van der Waals surface area (Å²) in [4.78, 5) is 11.8. The van der Waals surface area contributed by atoms with Crippen LogP contribution in [0, 0.1) is 19.8 Å². The minimum Gasteiger partial charge on any atom is -0.325 e. The summed E-state index contributed by atoms with van der Waals surface area (Å²) in [5.74, 6) is -0.00577. The number of nitrogens with two attached hydrogens (primary N) is 1. The van der Waals surface area contributed by atoms with Crippen LogP contribution in [0.3, 0.4) is 0 Å². The largest absolute Gasteiger partial charge is 0.325 e. The van der Waals surface area contributed by atoms with Crippen LogP contribution in [0.5, 0.6) is 0 Å². The smallest absolute Gasteiger partial charge is 0.241 e. The Hall–Kier alpha value is -0.580. The fourth-order valence-corrected chi connectivity index (χ4v) is 1.78. The summed E-state index contributed by atoms with van der Waals surface area (Å²) in [5, 5.41) is 2.85. The molecule has 0 heterocycles. The minimum absolute atomic E-state index is 0. The summed E-state index contributed by atoms with van der Waals surface area (Å²) in [6.07, 6.45) is 0. The van der Waals surface area contributed by atoms with Gasteiger partial charge in [0, 0.05) is 10.2 Å². The quantitative estimate of drug-likeness (QED) is 0.889. The average molecular weight is 336 g/mol. The number of hydrogen-bond donors (Lipinski definition) is 2. The summed E-state index contributed by atoms with van der Waals surface area (Å²) in [6, 6.07) is 3.39. The number of benzene rings is 1. The second kappa shape index (κ2) is 7.12. The normalized spacial score (nSPS) is 11.9. The predicted molar refractivity (Wildman–Crippen MR) is 82.3 cm³/mol. The molecule has 0 spiro atoms. The van der Waals surface area contributed by atoms with E-state index in [1.807, 2.05) is 39.8 Å². The molecule has 102 valence electrons. The van der Waals surface area contributed by atoms with Crippen LogP contribution in [-0.2, 0) is 4.79 Å². The molecular formula is C13H20BrClN2O. The fraction of sp³-hybridized carbons (Fsp3) is 0.462. The Balaban J connectivity index is 0.00000289. The van der Waals surface area contributed by atoms with Crippen LogP contribution in [-0.4, -0.2) is 11.9 Å². The Kier molecular flexibility index (Phi) is 6.89. The third kappa shape index (κ3) is 4.26. The first-order valence-electron chi connectivity index (χ1n) is 5.66. The highest BCUT2D eigenvalue weighted by Gasteiger charge is 2.17. The first-order chi connectivity index (χ1) is 7.82. The Morgan fingerprint density at radius 2 is 1.72 bits per heavy atom. The number of carbonyl (C=O) groups is 1. The molecule has 3 nitrogen and oxygen atoms in total. The molecule has 0 aliphatic rings. The van der Waals surface area contributed by atoms with E-state index in [2.05, 4.69) is 21.2 Å². The predicted octanol–water partition coefficient (Wildman–Crippen LogP) is 3.41. The zero-order chi connectivity index (χ0) is 13.2. The molecule has 1 atom stereocenters. The van der Waals surface area contributed by atoms with E-state index in [0.717, 1.165) is 21.3 Å². The highest BCUT2D eigenvalue weighted by Crippen LogP contribution is 2.25. The number of halogens is 2. The van der Waals surface area contributed by atoms with Crippen LogP contribution in [0.15, 0.2) is 16.6 Å². The average Bonchev–Trinajstić information content (AvgIpc) is 2.24. The van der Waals surface area contributed by atoms with Crippen LogP contribution in [0.25, 0.3) is 0 Å². The third-order valence-corrected chi connectivity index (χ3v) is 3.98.